The SMILES string of the molecule is O=C(O)c1ccc(O)cc1OCc1ccccc1. The topological polar surface area (TPSA) is 66.8 Å². The van der Waals surface area contributed by atoms with E-state index in [2.05, 4.69) is 0 Å². The molecule has 0 aliphatic rings. The van der Waals surface area contributed by atoms with Crippen LogP contribution in [0.1, 0.15) is 15.9 Å². The van der Waals surface area contributed by atoms with E-state index < -0.39 is 5.97 Å². The van der Waals surface area contributed by atoms with Gasteiger partial charge in [-0.1, -0.05) is 30.3 Å². The van der Waals surface area contributed by atoms with Crippen molar-refractivity contribution in [2.75, 3.05) is 0 Å². The fourth-order valence-corrected chi connectivity index (χ4v) is 1.54. The smallest absolute Gasteiger partial charge is 0.339 e. The highest BCUT2D eigenvalue weighted by Crippen LogP contribution is 2.25. The van der Waals surface area contributed by atoms with E-state index in [9.17, 15) is 9.90 Å². The maximum atomic E-state index is 11.0. The molecule has 2 aromatic rings. The van der Waals surface area contributed by atoms with Crippen molar-refractivity contribution >= 4 is 5.97 Å². The minimum absolute atomic E-state index is 0.0249. The Kier molecular flexibility index (Phi) is 3.48. The zero-order chi connectivity index (χ0) is 13.0. The third-order valence-electron chi connectivity index (χ3n) is 2.43. The van der Waals surface area contributed by atoms with E-state index in [0.717, 1.165) is 5.56 Å². The lowest BCUT2D eigenvalue weighted by atomic mass is 10.2. The van der Waals surface area contributed by atoms with Crippen LogP contribution in [0.25, 0.3) is 0 Å². The summed E-state index contributed by atoms with van der Waals surface area (Å²) in [6.07, 6.45) is 0. The van der Waals surface area contributed by atoms with Crippen LogP contribution in [0, 0.1) is 0 Å². The van der Waals surface area contributed by atoms with Crippen molar-refractivity contribution in [1.82, 2.24) is 0 Å². The lowest BCUT2D eigenvalue weighted by molar-refractivity contribution is 0.0691. The first-order chi connectivity index (χ1) is 8.66. The number of carboxylic acids is 1. The van der Waals surface area contributed by atoms with Crippen molar-refractivity contribution in [1.29, 1.82) is 0 Å². The number of aromatic hydroxyl groups is 1. The average Bonchev–Trinajstić information content (AvgIpc) is 2.37. The molecule has 0 saturated heterocycles. The largest absolute Gasteiger partial charge is 0.508 e. The normalized spacial score (nSPS) is 10.0. The molecule has 0 spiro atoms. The molecule has 92 valence electrons. The third-order valence-corrected chi connectivity index (χ3v) is 2.43. The lowest BCUT2D eigenvalue weighted by Gasteiger charge is -2.09. The Labute approximate surface area is 104 Å². The van der Waals surface area contributed by atoms with Crippen molar-refractivity contribution in [3.05, 3.63) is 59.7 Å². The molecule has 0 bridgehead atoms. The Morgan fingerprint density at radius 3 is 2.50 bits per heavy atom. The molecule has 2 rings (SSSR count). The minimum atomic E-state index is -1.09. The quantitative estimate of drug-likeness (QED) is 0.867. The van der Waals surface area contributed by atoms with Crippen molar-refractivity contribution < 1.29 is 19.7 Å². The van der Waals surface area contributed by atoms with Crippen LogP contribution in [0.3, 0.4) is 0 Å². The zero-order valence-electron chi connectivity index (χ0n) is 9.54. The Bertz CT molecular complexity index is 549. The van der Waals surface area contributed by atoms with Gasteiger partial charge in [-0.05, 0) is 17.7 Å². The summed E-state index contributed by atoms with van der Waals surface area (Å²) in [7, 11) is 0. The lowest BCUT2D eigenvalue weighted by Crippen LogP contribution is -2.03. The number of hydrogen-bond donors (Lipinski definition) is 2. The van der Waals surface area contributed by atoms with Crippen molar-refractivity contribution in [2.45, 2.75) is 6.61 Å². The van der Waals surface area contributed by atoms with E-state index in [-0.39, 0.29) is 23.7 Å². The van der Waals surface area contributed by atoms with E-state index in [1.165, 1.54) is 18.2 Å². The van der Waals surface area contributed by atoms with Crippen LogP contribution in [0.5, 0.6) is 11.5 Å². The molecule has 0 unspecified atom stereocenters. The Morgan fingerprint density at radius 2 is 1.83 bits per heavy atom. The number of aromatic carboxylic acids is 1. The molecular formula is C14H12O4. The number of phenols is 1. The summed E-state index contributed by atoms with van der Waals surface area (Å²) < 4.78 is 5.42. The van der Waals surface area contributed by atoms with Crippen LogP contribution in [-0.2, 0) is 6.61 Å². The van der Waals surface area contributed by atoms with Crippen molar-refractivity contribution in [2.24, 2.45) is 0 Å². The summed E-state index contributed by atoms with van der Waals surface area (Å²) >= 11 is 0. The van der Waals surface area contributed by atoms with Crippen LogP contribution in [0.4, 0.5) is 0 Å². The van der Waals surface area contributed by atoms with Crippen LogP contribution in [-0.4, -0.2) is 16.2 Å². The summed E-state index contributed by atoms with van der Waals surface area (Å²) in [5, 5.41) is 18.3. The Balaban J connectivity index is 2.18. The molecule has 0 heterocycles. The van der Waals surface area contributed by atoms with Gasteiger partial charge in [0.05, 0.1) is 0 Å². The van der Waals surface area contributed by atoms with Gasteiger partial charge in [0.2, 0.25) is 0 Å². The van der Waals surface area contributed by atoms with E-state index >= 15 is 0 Å². The van der Waals surface area contributed by atoms with Gasteiger partial charge in [-0.2, -0.15) is 0 Å². The number of rotatable bonds is 4. The monoisotopic (exact) mass is 244 g/mol. The molecule has 0 fully saturated rings. The molecule has 0 aliphatic carbocycles. The highest BCUT2D eigenvalue weighted by Gasteiger charge is 2.12. The molecule has 0 saturated carbocycles. The van der Waals surface area contributed by atoms with Gasteiger partial charge in [-0.15, -0.1) is 0 Å². The molecule has 4 nitrogen and oxygen atoms in total. The fourth-order valence-electron chi connectivity index (χ4n) is 1.54. The zero-order valence-corrected chi connectivity index (χ0v) is 9.54. The minimum Gasteiger partial charge on any atom is -0.508 e. The summed E-state index contributed by atoms with van der Waals surface area (Å²) in [5.74, 6) is -0.951. The fraction of sp³-hybridized carbons (Fsp3) is 0.0714. The molecule has 0 amide bonds. The van der Waals surface area contributed by atoms with Gasteiger partial charge in [-0.3, -0.25) is 0 Å². The molecular weight excluding hydrogens is 232 g/mol. The average molecular weight is 244 g/mol. The number of benzene rings is 2. The molecule has 2 aromatic carbocycles. The first-order valence-electron chi connectivity index (χ1n) is 5.40. The van der Waals surface area contributed by atoms with E-state index in [0.29, 0.717) is 0 Å². The van der Waals surface area contributed by atoms with Gasteiger partial charge in [0, 0.05) is 6.07 Å². The highest BCUT2D eigenvalue weighted by atomic mass is 16.5. The summed E-state index contributed by atoms with van der Waals surface area (Å²) in [6.45, 7) is 0.255. The molecule has 0 atom stereocenters. The van der Waals surface area contributed by atoms with Gasteiger partial charge >= 0.3 is 5.97 Å². The van der Waals surface area contributed by atoms with Gasteiger partial charge in [0.25, 0.3) is 0 Å². The molecule has 0 radical (unpaired) electrons. The van der Waals surface area contributed by atoms with Crippen molar-refractivity contribution in [3.8, 4) is 11.5 Å². The van der Waals surface area contributed by atoms with Gasteiger partial charge < -0.3 is 14.9 Å². The van der Waals surface area contributed by atoms with E-state index in [1.807, 2.05) is 30.3 Å². The molecule has 0 aromatic heterocycles. The third kappa shape index (κ3) is 2.79. The number of ether oxygens (including phenoxy) is 1. The second-order valence-electron chi connectivity index (χ2n) is 3.76. The van der Waals surface area contributed by atoms with Crippen LogP contribution in [0.2, 0.25) is 0 Å². The second-order valence-corrected chi connectivity index (χ2v) is 3.76. The summed E-state index contributed by atoms with van der Waals surface area (Å²) in [5.41, 5.74) is 0.959. The van der Waals surface area contributed by atoms with E-state index in [4.69, 9.17) is 9.84 Å². The van der Waals surface area contributed by atoms with Crippen LogP contribution >= 0.6 is 0 Å². The van der Waals surface area contributed by atoms with Crippen molar-refractivity contribution in [3.63, 3.8) is 0 Å². The molecule has 18 heavy (non-hydrogen) atoms. The second kappa shape index (κ2) is 5.23. The Morgan fingerprint density at radius 1 is 1.11 bits per heavy atom. The highest BCUT2D eigenvalue weighted by molar-refractivity contribution is 5.91. The van der Waals surface area contributed by atoms with Gasteiger partial charge in [0.1, 0.15) is 23.7 Å². The summed E-state index contributed by atoms with van der Waals surface area (Å²) in [6, 6.07) is 13.3. The number of hydrogen-bond acceptors (Lipinski definition) is 3. The maximum absolute atomic E-state index is 11.0. The van der Waals surface area contributed by atoms with Gasteiger partial charge in [-0.25, -0.2) is 4.79 Å². The standard InChI is InChI=1S/C14H12O4/c15-11-6-7-12(14(16)17)13(8-11)18-9-10-4-2-1-3-5-10/h1-8,15H,9H2,(H,16,17). The number of phenolic OH excluding ortho intramolecular Hbond substituents is 1. The predicted octanol–water partition coefficient (Wildman–Crippen LogP) is 2.67. The van der Waals surface area contributed by atoms with Crippen LogP contribution < -0.4 is 4.74 Å². The Hall–Kier alpha value is -2.49. The van der Waals surface area contributed by atoms with E-state index in [1.54, 1.807) is 0 Å². The first kappa shape index (κ1) is 12.0. The number of carbonyl (C=O) groups is 1. The first-order valence-corrected chi connectivity index (χ1v) is 5.40. The summed E-state index contributed by atoms with van der Waals surface area (Å²) in [4.78, 5) is 11.0. The maximum Gasteiger partial charge on any atom is 0.339 e. The molecule has 0 aliphatic heterocycles. The predicted molar refractivity (Wildman–Crippen MR) is 65.8 cm³/mol. The van der Waals surface area contributed by atoms with Gasteiger partial charge in [0.15, 0.2) is 0 Å². The molecule has 2 N–H and O–H groups in total. The number of carboxylic acid groups (broad SMARTS) is 1. The van der Waals surface area contributed by atoms with Crippen LogP contribution in [0.15, 0.2) is 48.5 Å². The molecule has 4 heteroatoms.